The van der Waals surface area contributed by atoms with Crippen LogP contribution < -0.4 is 4.90 Å². The number of fused-ring (bicyclic) bond motifs is 1. The Morgan fingerprint density at radius 2 is 1.48 bits per heavy atom. The van der Waals surface area contributed by atoms with Gasteiger partial charge in [0.25, 0.3) is 0 Å². The largest absolute Gasteiger partial charge is 0.330 e. The van der Waals surface area contributed by atoms with Crippen LogP contribution in [0.2, 0.25) is 0 Å². The van der Waals surface area contributed by atoms with Crippen molar-refractivity contribution >= 4 is 11.4 Å². The Morgan fingerprint density at radius 3 is 2.21 bits per heavy atom. The molecule has 0 N–H and O–H groups in total. The Bertz CT molecular complexity index is 1130. The summed E-state index contributed by atoms with van der Waals surface area (Å²) in [5.41, 5.74) is 4.56. The van der Waals surface area contributed by atoms with Gasteiger partial charge in [0.05, 0.1) is 17.4 Å². The Kier molecular flexibility index (Phi) is 4.36. The van der Waals surface area contributed by atoms with Crippen LogP contribution in [0.5, 0.6) is 0 Å². The summed E-state index contributed by atoms with van der Waals surface area (Å²) in [4.78, 5) is 2.03. The van der Waals surface area contributed by atoms with E-state index >= 15 is 4.39 Å². The fourth-order valence-corrected chi connectivity index (χ4v) is 4.36. The monoisotopic (exact) mass is 383 g/mol. The highest BCUT2D eigenvalue weighted by Crippen LogP contribution is 2.52. The summed E-state index contributed by atoms with van der Waals surface area (Å²) < 4.78 is 28.7. The van der Waals surface area contributed by atoms with E-state index in [1.165, 1.54) is 12.1 Å². The van der Waals surface area contributed by atoms with Crippen molar-refractivity contribution < 1.29 is 8.78 Å². The van der Waals surface area contributed by atoms with Gasteiger partial charge in [0, 0.05) is 12.0 Å². The summed E-state index contributed by atoms with van der Waals surface area (Å²) in [6, 6.07) is 23.8. The van der Waals surface area contributed by atoms with E-state index in [0.717, 1.165) is 28.5 Å². The van der Waals surface area contributed by atoms with Gasteiger partial charge in [-0.3, -0.25) is 0 Å². The standard InChI is InChI=1S/C26H19F2N/c27-20-15-16-24(23(28)17-20)29-25(18-9-3-1-4-10-18)21-13-7-8-14-22(21)26(29)19-11-5-2-6-12-19/h1-17,21,25H. The lowest BCUT2D eigenvalue weighted by Crippen LogP contribution is -2.27. The van der Waals surface area contributed by atoms with Crippen molar-refractivity contribution in [3.05, 3.63) is 132 Å². The number of halogens is 2. The highest BCUT2D eigenvalue weighted by Gasteiger charge is 2.41. The quantitative estimate of drug-likeness (QED) is 0.488. The molecule has 2 unspecified atom stereocenters. The Morgan fingerprint density at radius 1 is 0.759 bits per heavy atom. The topological polar surface area (TPSA) is 3.24 Å². The molecular formula is C26H19F2N. The van der Waals surface area contributed by atoms with Gasteiger partial charge in [-0.2, -0.15) is 0 Å². The third kappa shape index (κ3) is 2.99. The van der Waals surface area contributed by atoms with Crippen molar-refractivity contribution in [2.24, 2.45) is 5.92 Å². The second-order valence-electron chi connectivity index (χ2n) is 7.26. The van der Waals surface area contributed by atoms with Crippen LogP contribution in [0.3, 0.4) is 0 Å². The van der Waals surface area contributed by atoms with E-state index in [1.807, 2.05) is 65.6 Å². The fraction of sp³-hybridized carbons (Fsp3) is 0.0769. The second-order valence-corrected chi connectivity index (χ2v) is 7.26. The maximum absolute atomic E-state index is 15.0. The summed E-state index contributed by atoms with van der Waals surface area (Å²) in [5.74, 6) is -1.07. The summed E-state index contributed by atoms with van der Waals surface area (Å²) in [6.07, 6.45) is 8.32. The molecule has 29 heavy (non-hydrogen) atoms. The molecule has 3 heteroatoms. The van der Waals surface area contributed by atoms with E-state index in [2.05, 4.69) is 24.3 Å². The molecule has 0 aromatic heterocycles. The molecule has 0 spiro atoms. The van der Waals surface area contributed by atoms with Gasteiger partial charge in [0.1, 0.15) is 11.6 Å². The first-order valence-corrected chi connectivity index (χ1v) is 9.68. The highest BCUT2D eigenvalue weighted by molar-refractivity contribution is 5.88. The van der Waals surface area contributed by atoms with E-state index in [0.29, 0.717) is 5.69 Å². The van der Waals surface area contributed by atoms with Gasteiger partial charge in [-0.1, -0.05) is 85.0 Å². The number of anilines is 1. The first-order valence-electron chi connectivity index (χ1n) is 9.68. The minimum Gasteiger partial charge on any atom is -0.330 e. The lowest BCUT2D eigenvalue weighted by atomic mass is 9.86. The minimum atomic E-state index is -0.576. The SMILES string of the molecule is Fc1ccc(N2C(c3ccccc3)=C3C=CC=CC3C2c2ccccc2)c(F)c1. The van der Waals surface area contributed by atoms with E-state index < -0.39 is 11.6 Å². The molecule has 0 saturated carbocycles. The number of rotatable bonds is 3. The normalized spacial score (nSPS) is 20.3. The van der Waals surface area contributed by atoms with E-state index in [9.17, 15) is 4.39 Å². The van der Waals surface area contributed by atoms with Gasteiger partial charge < -0.3 is 4.90 Å². The van der Waals surface area contributed by atoms with Crippen LogP contribution in [-0.4, -0.2) is 0 Å². The van der Waals surface area contributed by atoms with Crippen molar-refractivity contribution in [1.82, 2.24) is 0 Å². The number of nitrogens with zero attached hydrogens (tertiary/aromatic N) is 1. The molecule has 2 aliphatic rings. The van der Waals surface area contributed by atoms with Crippen molar-refractivity contribution in [3.63, 3.8) is 0 Å². The zero-order valence-electron chi connectivity index (χ0n) is 15.7. The molecule has 0 amide bonds. The molecule has 3 aromatic carbocycles. The summed E-state index contributed by atoms with van der Waals surface area (Å²) in [7, 11) is 0. The molecule has 0 bridgehead atoms. The number of hydrogen-bond donors (Lipinski definition) is 0. The molecule has 1 aliphatic heterocycles. The summed E-state index contributed by atoms with van der Waals surface area (Å²) in [6.45, 7) is 0. The molecule has 5 rings (SSSR count). The van der Waals surface area contributed by atoms with Crippen LogP contribution in [0.25, 0.3) is 5.70 Å². The smallest absolute Gasteiger partial charge is 0.149 e. The van der Waals surface area contributed by atoms with Crippen LogP contribution in [0.4, 0.5) is 14.5 Å². The fourth-order valence-electron chi connectivity index (χ4n) is 4.36. The van der Waals surface area contributed by atoms with E-state index in [4.69, 9.17) is 0 Å². The van der Waals surface area contributed by atoms with Gasteiger partial charge in [0.2, 0.25) is 0 Å². The number of benzene rings is 3. The first kappa shape index (κ1) is 17.6. The summed E-state index contributed by atoms with van der Waals surface area (Å²) >= 11 is 0. The van der Waals surface area contributed by atoms with Crippen LogP contribution in [-0.2, 0) is 0 Å². The van der Waals surface area contributed by atoms with Gasteiger partial charge in [0.15, 0.2) is 0 Å². The van der Waals surface area contributed by atoms with Crippen LogP contribution >= 0.6 is 0 Å². The highest BCUT2D eigenvalue weighted by atomic mass is 19.1. The second kappa shape index (κ2) is 7.17. The Labute approximate surface area is 168 Å². The first-order chi connectivity index (χ1) is 14.2. The van der Waals surface area contributed by atoms with Crippen LogP contribution in [0.1, 0.15) is 17.2 Å². The predicted octanol–water partition coefficient (Wildman–Crippen LogP) is 6.68. The third-order valence-corrected chi connectivity index (χ3v) is 5.55. The van der Waals surface area contributed by atoms with E-state index in [1.54, 1.807) is 0 Å². The third-order valence-electron chi connectivity index (χ3n) is 5.55. The molecule has 0 radical (unpaired) electrons. The molecule has 3 aromatic rings. The zero-order chi connectivity index (χ0) is 19.8. The maximum Gasteiger partial charge on any atom is 0.149 e. The molecule has 142 valence electrons. The Hall–Kier alpha value is -3.46. The molecule has 1 nitrogen and oxygen atoms in total. The van der Waals surface area contributed by atoms with Crippen LogP contribution in [0, 0.1) is 17.6 Å². The molecule has 0 fully saturated rings. The van der Waals surface area contributed by atoms with Gasteiger partial charge in [-0.15, -0.1) is 0 Å². The van der Waals surface area contributed by atoms with Crippen molar-refractivity contribution in [3.8, 4) is 0 Å². The van der Waals surface area contributed by atoms with Gasteiger partial charge in [-0.25, -0.2) is 8.78 Å². The average Bonchev–Trinajstić information content (AvgIpc) is 3.10. The summed E-state index contributed by atoms with van der Waals surface area (Å²) in [5, 5.41) is 0. The Balaban J connectivity index is 1.78. The number of hydrogen-bond acceptors (Lipinski definition) is 1. The van der Waals surface area contributed by atoms with Crippen molar-refractivity contribution in [2.45, 2.75) is 6.04 Å². The zero-order valence-corrected chi connectivity index (χ0v) is 15.7. The predicted molar refractivity (Wildman–Crippen MR) is 113 cm³/mol. The average molecular weight is 383 g/mol. The molecule has 1 aliphatic carbocycles. The lowest BCUT2D eigenvalue weighted by Gasteiger charge is -2.33. The minimum absolute atomic E-state index is 0.0714. The number of allylic oxidation sites excluding steroid dienone is 3. The molecule has 0 saturated heterocycles. The molecule has 2 atom stereocenters. The van der Waals surface area contributed by atoms with Crippen molar-refractivity contribution in [2.75, 3.05) is 4.90 Å². The van der Waals surface area contributed by atoms with Gasteiger partial charge in [-0.05, 0) is 28.8 Å². The molecule has 1 heterocycles. The molecular weight excluding hydrogens is 364 g/mol. The van der Waals surface area contributed by atoms with Crippen LogP contribution in [0.15, 0.2) is 109 Å². The van der Waals surface area contributed by atoms with E-state index in [-0.39, 0.29) is 12.0 Å². The maximum atomic E-state index is 15.0. The van der Waals surface area contributed by atoms with Gasteiger partial charge >= 0.3 is 0 Å². The lowest BCUT2D eigenvalue weighted by molar-refractivity contribution is 0.568. The van der Waals surface area contributed by atoms with Crippen molar-refractivity contribution in [1.29, 1.82) is 0 Å².